The molecule has 1 aromatic rings. The van der Waals surface area contributed by atoms with Crippen LogP contribution in [0.5, 0.6) is 5.75 Å². The Labute approximate surface area is 185 Å². The highest BCUT2D eigenvalue weighted by Gasteiger charge is 2.87. The molecule has 2 fully saturated rings. The standard InChI is InChI=1S/C17H11Cl6NO3/c1-2-27-8-5-3-7(4-6-8)24-13(25)9-10(14(24)26)16(21)12(19)11(18)15(9,20)17(16,22)23/h3-6,9-10H,2H2,1H3/t9-,10-,15+,16+/m1/s1. The average molecular weight is 490 g/mol. The molecule has 0 radical (unpaired) electrons. The third kappa shape index (κ3) is 2.10. The maximum Gasteiger partial charge on any atom is 0.240 e. The molecule has 4 rings (SSSR count). The average Bonchev–Trinajstić information content (AvgIpc) is 3.01. The van der Waals surface area contributed by atoms with Crippen LogP contribution in [0.3, 0.4) is 0 Å². The fourth-order valence-electron chi connectivity index (χ4n) is 4.11. The van der Waals surface area contributed by atoms with Crippen molar-refractivity contribution >= 4 is 87.1 Å². The number of amides is 2. The normalized spacial score (nSPS) is 36.6. The Morgan fingerprint density at radius 2 is 1.37 bits per heavy atom. The second kappa shape index (κ2) is 6.07. The molecule has 3 aliphatic rings. The number of ether oxygens (including phenoxy) is 1. The number of rotatable bonds is 3. The van der Waals surface area contributed by atoms with Gasteiger partial charge in [-0.25, -0.2) is 4.90 Å². The zero-order valence-corrected chi connectivity index (χ0v) is 18.1. The van der Waals surface area contributed by atoms with Crippen molar-refractivity contribution in [2.45, 2.75) is 21.0 Å². The van der Waals surface area contributed by atoms with Gasteiger partial charge in [-0.05, 0) is 31.2 Å². The number of halogens is 6. The summed E-state index contributed by atoms with van der Waals surface area (Å²) in [7, 11) is 0. The van der Waals surface area contributed by atoms with Gasteiger partial charge in [0.1, 0.15) is 15.5 Å². The molecule has 1 aromatic carbocycles. The van der Waals surface area contributed by atoms with Crippen molar-refractivity contribution in [2.75, 3.05) is 11.5 Å². The van der Waals surface area contributed by atoms with E-state index in [9.17, 15) is 9.59 Å². The zero-order valence-electron chi connectivity index (χ0n) is 13.6. The molecule has 144 valence electrons. The van der Waals surface area contributed by atoms with Gasteiger partial charge >= 0.3 is 0 Å². The molecular formula is C17H11Cl6NO3. The van der Waals surface area contributed by atoms with E-state index in [0.29, 0.717) is 18.0 Å². The molecule has 1 aliphatic heterocycles. The van der Waals surface area contributed by atoms with Crippen molar-refractivity contribution in [1.82, 2.24) is 0 Å². The van der Waals surface area contributed by atoms with Crippen LogP contribution in [0, 0.1) is 11.8 Å². The van der Waals surface area contributed by atoms with Gasteiger partial charge in [0.25, 0.3) is 0 Å². The van der Waals surface area contributed by atoms with Crippen LogP contribution in [-0.2, 0) is 9.59 Å². The van der Waals surface area contributed by atoms with Crippen LogP contribution < -0.4 is 9.64 Å². The van der Waals surface area contributed by atoms with Crippen LogP contribution in [-0.4, -0.2) is 32.5 Å². The Morgan fingerprint density at radius 1 is 0.926 bits per heavy atom. The van der Waals surface area contributed by atoms with Crippen molar-refractivity contribution in [1.29, 1.82) is 0 Å². The molecule has 10 heteroatoms. The van der Waals surface area contributed by atoms with Crippen molar-refractivity contribution in [3.63, 3.8) is 0 Å². The molecule has 1 saturated carbocycles. The Hall–Kier alpha value is -0.360. The lowest BCUT2D eigenvalue weighted by molar-refractivity contribution is -0.123. The van der Waals surface area contributed by atoms with Crippen LogP contribution in [0.25, 0.3) is 0 Å². The van der Waals surface area contributed by atoms with Gasteiger partial charge in [-0.1, -0.05) is 46.4 Å². The Balaban J connectivity index is 1.81. The van der Waals surface area contributed by atoms with E-state index < -0.39 is 37.7 Å². The maximum atomic E-state index is 13.2. The quantitative estimate of drug-likeness (QED) is 0.441. The molecule has 1 heterocycles. The van der Waals surface area contributed by atoms with E-state index in [2.05, 4.69) is 0 Å². The number of fused-ring (bicyclic) bond motifs is 5. The number of imide groups is 1. The lowest BCUT2D eigenvalue weighted by Crippen LogP contribution is -2.50. The predicted molar refractivity (Wildman–Crippen MR) is 107 cm³/mol. The number of allylic oxidation sites excluding steroid dienone is 2. The first-order valence-corrected chi connectivity index (χ1v) is 10.2. The van der Waals surface area contributed by atoms with Crippen molar-refractivity contribution < 1.29 is 14.3 Å². The van der Waals surface area contributed by atoms with Gasteiger partial charge in [0.2, 0.25) is 11.8 Å². The summed E-state index contributed by atoms with van der Waals surface area (Å²) in [6.45, 7) is 2.34. The van der Waals surface area contributed by atoms with Crippen LogP contribution in [0.1, 0.15) is 6.92 Å². The molecule has 2 aliphatic carbocycles. The molecule has 0 aromatic heterocycles. The fraction of sp³-hybridized carbons (Fsp3) is 0.412. The maximum absolute atomic E-state index is 13.2. The van der Waals surface area contributed by atoms with Crippen LogP contribution >= 0.6 is 69.6 Å². The molecule has 2 bridgehead atoms. The molecule has 1 saturated heterocycles. The van der Waals surface area contributed by atoms with Crippen LogP contribution in [0.2, 0.25) is 0 Å². The monoisotopic (exact) mass is 487 g/mol. The number of nitrogens with zero attached hydrogens (tertiary/aromatic N) is 1. The summed E-state index contributed by atoms with van der Waals surface area (Å²) in [4.78, 5) is 23.8. The molecule has 27 heavy (non-hydrogen) atoms. The molecule has 4 atom stereocenters. The van der Waals surface area contributed by atoms with Gasteiger partial charge in [-0.15, -0.1) is 23.2 Å². The lowest BCUT2D eigenvalue weighted by atomic mass is 9.84. The Bertz CT molecular complexity index is 854. The molecule has 2 amide bonds. The summed E-state index contributed by atoms with van der Waals surface area (Å²) in [5.41, 5.74) is 0.352. The van der Waals surface area contributed by atoms with E-state index in [1.165, 1.54) is 0 Å². The third-order valence-corrected chi connectivity index (χ3v) is 9.57. The van der Waals surface area contributed by atoms with Crippen molar-refractivity contribution in [2.24, 2.45) is 11.8 Å². The Morgan fingerprint density at radius 3 is 1.78 bits per heavy atom. The van der Waals surface area contributed by atoms with Crippen LogP contribution in [0.15, 0.2) is 34.3 Å². The number of benzene rings is 1. The number of hydrogen-bond acceptors (Lipinski definition) is 3. The summed E-state index contributed by atoms with van der Waals surface area (Å²) < 4.78 is 3.45. The number of anilines is 1. The van der Waals surface area contributed by atoms with Crippen LogP contribution in [0.4, 0.5) is 5.69 Å². The van der Waals surface area contributed by atoms with E-state index >= 15 is 0 Å². The minimum Gasteiger partial charge on any atom is -0.494 e. The van der Waals surface area contributed by atoms with E-state index in [0.717, 1.165) is 4.90 Å². The lowest BCUT2D eigenvalue weighted by Gasteiger charge is -2.34. The largest absolute Gasteiger partial charge is 0.494 e. The van der Waals surface area contributed by atoms with Gasteiger partial charge in [0.05, 0.1) is 34.2 Å². The third-order valence-electron chi connectivity index (χ3n) is 5.31. The number of hydrogen-bond donors (Lipinski definition) is 0. The molecule has 4 nitrogen and oxygen atoms in total. The van der Waals surface area contributed by atoms with Gasteiger partial charge in [0, 0.05) is 0 Å². The highest BCUT2D eigenvalue weighted by molar-refractivity contribution is 6.67. The summed E-state index contributed by atoms with van der Waals surface area (Å²) in [6, 6.07) is 6.49. The number of carbonyl (C=O) groups is 2. The van der Waals surface area contributed by atoms with Gasteiger partial charge < -0.3 is 4.74 Å². The summed E-state index contributed by atoms with van der Waals surface area (Å²) in [5, 5.41) is -0.219. The van der Waals surface area contributed by atoms with Crippen molar-refractivity contribution in [3.8, 4) is 5.75 Å². The number of alkyl halides is 4. The highest BCUT2D eigenvalue weighted by Crippen LogP contribution is 2.77. The minimum atomic E-state index is -1.93. The molecule has 0 unspecified atom stereocenters. The smallest absolute Gasteiger partial charge is 0.240 e. The summed E-state index contributed by atoms with van der Waals surface area (Å²) in [6.07, 6.45) is 0. The fourth-order valence-corrected chi connectivity index (χ4v) is 7.04. The predicted octanol–water partition coefficient (Wildman–Crippen LogP) is 5.04. The topological polar surface area (TPSA) is 46.6 Å². The van der Waals surface area contributed by atoms with Gasteiger partial charge in [0.15, 0.2) is 4.33 Å². The molecular weight excluding hydrogens is 479 g/mol. The first-order valence-electron chi connectivity index (χ1n) is 7.97. The Kier molecular flexibility index (Phi) is 4.48. The zero-order chi connectivity index (χ0) is 19.9. The minimum absolute atomic E-state index is 0.109. The second-order valence-electron chi connectivity index (χ2n) is 6.52. The molecule has 0 N–H and O–H groups in total. The second-order valence-corrected chi connectivity index (χ2v) is 9.80. The van der Waals surface area contributed by atoms with E-state index in [1.54, 1.807) is 24.3 Å². The van der Waals surface area contributed by atoms with Gasteiger partial charge in [-0.2, -0.15) is 0 Å². The summed E-state index contributed by atoms with van der Waals surface area (Å²) in [5.74, 6) is -2.84. The number of carbonyl (C=O) groups excluding carboxylic acids is 2. The summed E-state index contributed by atoms with van der Waals surface area (Å²) >= 11 is 38.7. The van der Waals surface area contributed by atoms with Gasteiger partial charge in [-0.3, -0.25) is 9.59 Å². The van der Waals surface area contributed by atoms with E-state index in [-0.39, 0.29) is 10.1 Å². The van der Waals surface area contributed by atoms with E-state index in [4.69, 9.17) is 74.3 Å². The van der Waals surface area contributed by atoms with E-state index in [1.807, 2.05) is 6.92 Å². The first kappa shape index (κ1) is 19.9. The van der Waals surface area contributed by atoms with Crippen molar-refractivity contribution in [3.05, 3.63) is 34.3 Å². The first-order chi connectivity index (χ1) is 12.5. The molecule has 0 spiro atoms. The SMILES string of the molecule is CCOc1ccc(N2C(=O)[C@H]3[C@H](C2=O)[C@]2(Cl)C(Cl)=C(Cl)[C@]3(Cl)C2(Cl)Cl)cc1. The highest BCUT2D eigenvalue weighted by atomic mass is 35.5.